The summed E-state index contributed by atoms with van der Waals surface area (Å²) >= 11 is 4.10. The van der Waals surface area contributed by atoms with E-state index in [0.29, 0.717) is 6.10 Å². The van der Waals surface area contributed by atoms with Crippen molar-refractivity contribution in [2.24, 2.45) is 0 Å². The van der Waals surface area contributed by atoms with Crippen LogP contribution in [0.4, 0.5) is 0 Å². The Balaban J connectivity index is 2.13. The van der Waals surface area contributed by atoms with Crippen LogP contribution in [-0.2, 0) is 4.74 Å². The average molecular weight is 133 g/mol. The molecule has 0 spiro atoms. The zero-order chi connectivity index (χ0) is 5.82. The fourth-order valence-electron chi connectivity index (χ4n) is 0.737. The van der Waals surface area contributed by atoms with Gasteiger partial charge in [0.2, 0.25) is 0 Å². The Hall–Kier alpha value is 0.270. The van der Waals surface area contributed by atoms with E-state index in [-0.39, 0.29) is 0 Å². The first-order chi connectivity index (χ1) is 3.93. The van der Waals surface area contributed by atoms with Crippen molar-refractivity contribution in [1.82, 2.24) is 5.32 Å². The van der Waals surface area contributed by atoms with E-state index >= 15 is 0 Å². The Morgan fingerprint density at radius 3 is 3.00 bits per heavy atom. The number of thiol groups is 1. The molecule has 2 nitrogen and oxygen atoms in total. The molecule has 1 rings (SSSR count). The monoisotopic (exact) mass is 133 g/mol. The van der Waals surface area contributed by atoms with Crippen molar-refractivity contribution in [2.45, 2.75) is 6.10 Å². The molecule has 0 aromatic rings. The first-order valence-electron chi connectivity index (χ1n) is 2.86. The summed E-state index contributed by atoms with van der Waals surface area (Å²) in [7, 11) is 0. The highest BCUT2D eigenvalue weighted by atomic mass is 32.1. The van der Waals surface area contributed by atoms with E-state index in [1.165, 1.54) is 0 Å². The lowest BCUT2D eigenvalue weighted by Crippen LogP contribution is -2.39. The van der Waals surface area contributed by atoms with Gasteiger partial charge in [-0.1, -0.05) is 0 Å². The molecule has 1 fully saturated rings. The summed E-state index contributed by atoms with van der Waals surface area (Å²) in [5.74, 6) is 0.826. The Morgan fingerprint density at radius 2 is 2.62 bits per heavy atom. The highest BCUT2D eigenvalue weighted by Gasteiger charge is 2.09. The lowest BCUT2D eigenvalue weighted by Gasteiger charge is -2.21. The second-order valence-electron chi connectivity index (χ2n) is 1.88. The van der Waals surface area contributed by atoms with Crippen LogP contribution in [0.1, 0.15) is 0 Å². The van der Waals surface area contributed by atoms with Crippen molar-refractivity contribution in [3.8, 4) is 0 Å². The van der Waals surface area contributed by atoms with E-state index in [0.717, 1.165) is 25.4 Å². The molecule has 1 heterocycles. The van der Waals surface area contributed by atoms with Gasteiger partial charge >= 0.3 is 0 Å². The van der Waals surface area contributed by atoms with E-state index in [1.807, 2.05) is 0 Å². The zero-order valence-corrected chi connectivity index (χ0v) is 5.66. The fourth-order valence-corrected chi connectivity index (χ4v) is 0.971. The normalized spacial score (nSPS) is 30.4. The largest absolute Gasteiger partial charge is 0.375 e. The number of morpholine rings is 1. The minimum atomic E-state index is 0.340. The molecule has 0 bridgehead atoms. The number of rotatable bonds is 1. The number of hydrogen-bond acceptors (Lipinski definition) is 3. The first kappa shape index (κ1) is 6.39. The van der Waals surface area contributed by atoms with Gasteiger partial charge in [-0.05, 0) is 0 Å². The van der Waals surface area contributed by atoms with Crippen LogP contribution in [0.2, 0.25) is 0 Å². The third-order valence-electron chi connectivity index (χ3n) is 1.21. The van der Waals surface area contributed by atoms with E-state index in [4.69, 9.17) is 4.74 Å². The Bertz CT molecular complexity index is 63.4. The predicted molar refractivity (Wildman–Crippen MR) is 36.5 cm³/mol. The van der Waals surface area contributed by atoms with E-state index in [1.54, 1.807) is 0 Å². The van der Waals surface area contributed by atoms with Gasteiger partial charge in [-0.15, -0.1) is 0 Å². The standard InChI is InChI=1S/C5H11NOS/c8-4-5-3-6-1-2-7-5/h5-6,8H,1-4H2. The number of ether oxygens (including phenoxy) is 1. The molecule has 0 aliphatic carbocycles. The maximum atomic E-state index is 5.29. The molecule has 3 heteroatoms. The third-order valence-corrected chi connectivity index (χ3v) is 1.62. The van der Waals surface area contributed by atoms with Gasteiger partial charge in [-0.2, -0.15) is 12.6 Å². The van der Waals surface area contributed by atoms with Crippen molar-refractivity contribution < 1.29 is 4.74 Å². The molecule has 1 atom stereocenters. The van der Waals surface area contributed by atoms with Gasteiger partial charge in [0.25, 0.3) is 0 Å². The smallest absolute Gasteiger partial charge is 0.0787 e. The lowest BCUT2D eigenvalue weighted by atomic mass is 10.3. The Kier molecular flexibility index (Phi) is 2.66. The van der Waals surface area contributed by atoms with Crippen LogP contribution in [0.25, 0.3) is 0 Å². The molecule has 0 amide bonds. The highest BCUT2D eigenvalue weighted by molar-refractivity contribution is 7.80. The average Bonchev–Trinajstić information content (AvgIpc) is 1.90. The molecule has 0 radical (unpaired) electrons. The maximum absolute atomic E-state index is 5.29. The van der Waals surface area contributed by atoms with Crippen molar-refractivity contribution in [1.29, 1.82) is 0 Å². The highest BCUT2D eigenvalue weighted by Crippen LogP contribution is 1.96. The van der Waals surface area contributed by atoms with E-state index in [2.05, 4.69) is 17.9 Å². The van der Waals surface area contributed by atoms with Crippen molar-refractivity contribution >= 4 is 12.6 Å². The molecular formula is C5H11NOS. The molecule has 1 N–H and O–H groups in total. The van der Waals surface area contributed by atoms with Crippen LogP contribution in [0, 0.1) is 0 Å². The minimum Gasteiger partial charge on any atom is -0.375 e. The van der Waals surface area contributed by atoms with Crippen LogP contribution < -0.4 is 5.32 Å². The van der Waals surface area contributed by atoms with E-state index < -0.39 is 0 Å². The topological polar surface area (TPSA) is 21.3 Å². The summed E-state index contributed by atoms with van der Waals surface area (Å²) in [6, 6.07) is 0. The van der Waals surface area contributed by atoms with Crippen molar-refractivity contribution in [3.05, 3.63) is 0 Å². The summed E-state index contributed by atoms with van der Waals surface area (Å²) in [6.07, 6.45) is 0.340. The van der Waals surface area contributed by atoms with Crippen LogP contribution >= 0.6 is 12.6 Å². The summed E-state index contributed by atoms with van der Waals surface area (Å²) < 4.78 is 5.29. The SMILES string of the molecule is SCC1CNCCO1. The number of hydrogen-bond donors (Lipinski definition) is 2. The molecule has 0 aromatic heterocycles. The molecule has 1 saturated heterocycles. The zero-order valence-electron chi connectivity index (χ0n) is 4.76. The lowest BCUT2D eigenvalue weighted by molar-refractivity contribution is 0.0443. The second kappa shape index (κ2) is 3.33. The summed E-state index contributed by atoms with van der Waals surface area (Å²) in [5.41, 5.74) is 0. The molecule has 1 aliphatic heterocycles. The minimum absolute atomic E-state index is 0.340. The predicted octanol–water partition coefficient (Wildman–Crippen LogP) is -0.0954. The molecule has 0 aromatic carbocycles. The maximum Gasteiger partial charge on any atom is 0.0787 e. The van der Waals surface area contributed by atoms with Crippen molar-refractivity contribution in [3.63, 3.8) is 0 Å². The Morgan fingerprint density at radius 1 is 1.75 bits per heavy atom. The molecule has 1 unspecified atom stereocenters. The van der Waals surface area contributed by atoms with Gasteiger partial charge in [-0.25, -0.2) is 0 Å². The first-order valence-corrected chi connectivity index (χ1v) is 3.50. The van der Waals surface area contributed by atoms with Gasteiger partial charge in [0.05, 0.1) is 12.7 Å². The molecule has 1 aliphatic rings. The van der Waals surface area contributed by atoms with Crippen LogP contribution in [0.3, 0.4) is 0 Å². The molecule has 48 valence electrons. The van der Waals surface area contributed by atoms with Gasteiger partial charge in [0, 0.05) is 18.8 Å². The van der Waals surface area contributed by atoms with Crippen LogP contribution in [0.15, 0.2) is 0 Å². The fraction of sp³-hybridized carbons (Fsp3) is 1.00. The molecular weight excluding hydrogens is 122 g/mol. The quantitative estimate of drug-likeness (QED) is 0.488. The molecule has 8 heavy (non-hydrogen) atoms. The van der Waals surface area contributed by atoms with Crippen LogP contribution in [-0.4, -0.2) is 31.6 Å². The van der Waals surface area contributed by atoms with Crippen molar-refractivity contribution in [2.75, 3.05) is 25.4 Å². The summed E-state index contributed by atoms with van der Waals surface area (Å²) in [6.45, 7) is 2.79. The van der Waals surface area contributed by atoms with Gasteiger partial charge in [0.15, 0.2) is 0 Å². The second-order valence-corrected chi connectivity index (χ2v) is 2.24. The van der Waals surface area contributed by atoms with Gasteiger partial charge in [0.1, 0.15) is 0 Å². The number of nitrogens with one attached hydrogen (secondary N) is 1. The third kappa shape index (κ3) is 1.65. The van der Waals surface area contributed by atoms with Gasteiger partial charge < -0.3 is 10.1 Å². The summed E-state index contributed by atoms with van der Waals surface area (Å²) in [4.78, 5) is 0. The van der Waals surface area contributed by atoms with Gasteiger partial charge in [-0.3, -0.25) is 0 Å². The summed E-state index contributed by atoms with van der Waals surface area (Å²) in [5, 5.41) is 3.21. The van der Waals surface area contributed by atoms with E-state index in [9.17, 15) is 0 Å². The molecule has 0 saturated carbocycles. The van der Waals surface area contributed by atoms with Crippen LogP contribution in [0.5, 0.6) is 0 Å². The Labute approximate surface area is 55.0 Å².